The van der Waals surface area contributed by atoms with Gasteiger partial charge in [0.15, 0.2) is 0 Å². The third-order valence-electron chi connectivity index (χ3n) is 19.1. The van der Waals surface area contributed by atoms with Gasteiger partial charge in [0.05, 0.1) is 0 Å². The molecule has 89 heavy (non-hydrogen) atoms. The second-order valence-electron chi connectivity index (χ2n) is 25.0. The minimum Gasteiger partial charge on any atom is 0 e. The van der Waals surface area contributed by atoms with Crippen LogP contribution in [0.15, 0.2) is 60.7 Å². The largest absolute Gasteiger partial charge is 0 e. The van der Waals surface area contributed by atoms with E-state index in [1.54, 1.807) is 0 Å². The maximum atomic E-state index is 4.93. The van der Waals surface area contributed by atoms with Crippen molar-refractivity contribution in [1.29, 1.82) is 0 Å². The molecule has 4 aromatic rings. The minimum absolute atomic E-state index is 0. The van der Waals surface area contributed by atoms with Crippen LogP contribution in [0.5, 0.6) is 0 Å². The molecule has 4 aromatic carbocycles. The molecule has 0 amide bonds. The SMILES string of the molecule is CC1CC(C)C(C)C1C.CCCC1CCCC1.CCCCC1CCCC1.CCCCC1CCCC1.Cc1c(C)c(C)c([N-]CCNCC[N-]c2c(C)c(C)c(C)c(C)c2C)c(C)c1C.[CH2-]c1ccccc1.[CH2-]c1ccccc1.[CH3-].[CH3-].[CH3-].[CH3-].[Cl][Zr+2][Cl].[Cl][Zr+2][Cl].[Zr]. The first kappa shape index (κ1) is 100. The van der Waals surface area contributed by atoms with Crippen molar-refractivity contribution >= 4 is 45.4 Å². The van der Waals surface area contributed by atoms with Gasteiger partial charge < -0.3 is 45.7 Å². The average molecular weight is 1540 g/mol. The normalized spacial score (nSPS) is 16.7. The fourth-order valence-electron chi connectivity index (χ4n) is 12.4. The quantitative estimate of drug-likeness (QED) is 0.0881. The van der Waals surface area contributed by atoms with Gasteiger partial charge in [-0.15, -0.1) is 48.7 Å². The van der Waals surface area contributed by atoms with Gasteiger partial charge in [-0.3, -0.25) is 0 Å². The molecule has 4 unspecified atom stereocenters. The van der Waals surface area contributed by atoms with Crippen molar-refractivity contribution in [3.63, 3.8) is 0 Å². The Balaban J connectivity index is -0.000000239. The first-order chi connectivity index (χ1) is 40.1. The molecule has 510 valence electrons. The zero-order valence-corrected chi connectivity index (χ0v) is 71.7. The molecule has 0 bridgehead atoms. The maximum absolute atomic E-state index is 4.93. The van der Waals surface area contributed by atoms with Gasteiger partial charge in [0.25, 0.3) is 0 Å². The molecule has 0 heterocycles. The van der Waals surface area contributed by atoms with Gasteiger partial charge in [0, 0.05) is 26.2 Å². The van der Waals surface area contributed by atoms with Crippen molar-refractivity contribution in [2.45, 2.75) is 253 Å². The van der Waals surface area contributed by atoms with Crippen molar-refractivity contribution in [1.82, 2.24) is 5.32 Å². The third kappa shape index (κ3) is 43.7. The van der Waals surface area contributed by atoms with Crippen LogP contribution in [-0.2, 0) is 67.9 Å². The Labute approximate surface area is 613 Å². The van der Waals surface area contributed by atoms with Gasteiger partial charge in [-0.1, -0.05) is 211 Å². The summed E-state index contributed by atoms with van der Waals surface area (Å²) < 4.78 is 0. The van der Waals surface area contributed by atoms with E-state index in [2.05, 4.69) is 137 Å². The van der Waals surface area contributed by atoms with Crippen LogP contribution in [0.4, 0.5) is 11.4 Å². The second kappa shape index (κ2) is 62.8. The number of unbranched alkanes of at least 4 members (excludes halogenated alkanes) is 2. The summed E-state index contributed by atoms with van der Waals surface area (Å²) in [5.74, 6) is 7.19. The van der Waals surface area contributed by atoms with Crippen LogP contribution >= 0.6 is 34.1 Å². The van der Waals surface area contributed by atoms with Crippen molar-refractivity contribution in [2.75, 3.05) is 26.2 Å². The van der Waals surface area contributed by atoms with E-state index < -0.39 is 41.7 Å². The van der Waals surface area contributed by atoms with E-state index in [1.807, 2.05) is 60.7 Å². The zero-order chi connectivity index (χ0) is 63.4. The Morgan fingerprint density at radius 3 is 0.865 bits per heavy atom. The van der Waals surface area contributed by atoms with Gasteiger partial charge in [0.2, 0.25) is 0 Å². The molecule has 8 rings (SSSR count). The molecule has 1 N–H and O–H groups in total. The summed E-state index contributed by atoms with van der Waals surface area (Å²) in [6.45, 7) is 49.2. The van der Waals surface area contributed by atoms with Crippen LogP contribution in [0.3, 0.4) is 0 Å². The molecule has 0 aromatic heterocycles. The number of halogens is 4. The monoisotopic (exact) mass is 1540 g/mol. The molecule has 0 radical (unpaired) electrons. The van der Waals surface area contributed by atoms with E-state index in [0.29, 0.717) is 0 Å². The van der Waals surface area contributed by atoms with Gasteiger partial charge in [-0.2, -0.15) is 49.2 Å². The molecular formula is C79H135Cl4N3Zr3-4. The van der Waals surface area contributed by atoms with E-state index in [4.69, 9.17) is 44.7 Å². The average Bonchev–Trinajstić information content (AvgIpc) is 4.28. The van der Waals surface area contributed by atoms with Gasteiger partial charge >= 0.3 is 75.7 Å². The van der Waals surface area contributed by atoms with Crippen LogP contribution < -0.4 is 5.32 Å². The zero-order valence-electron chi connectivity index (χ0n) is 61.3. The van der Waals surface area contributed by atoms with Gasteiger partial charge in [-0.25, -0.2) is 0 Å². The van der Waals surface area contributed by atoms with Gasteiger partial charge in [0.1, 0.15) is 0 Å². The van der Waals surface area contributed by atoms with Crippen LogP contribution in [0.2, 0.25) is 0 Å². The molecule has 4 fully saturated rings. The predicted molar refractivity (Wildman–Crippen MR) is 401 cm³/mol. The Morgan fingerprint density at radius 2 is 0.663 bits per heavy atom. The molecule has 4 saturated carbocycles. The number of hydrogen-bond acceptors (Lipinski definition) is 1. The van der Waals surface area contributed by atoms with Crippen molar-refractivity contribution in [3.05, 3.63) is 182 Å². The number of nitrogens with zero attached hydrogens (tertiary/aromatic N) is 2. The molecule has 4 atom stereocenters. The van der Waals surface area contributed by atoms with Gasteiger partial charge in [-0.05, 0) is 164 Å². The summed E-state index contributed by atoms with van der Waals surface area (Å²) in [6.07, 6.45) is 31.2. The fourth-order valence-corrected chi connectivity index (χ4v) is 12.4. The Hall–Kier alpha value is -0.0106. The Bertz CT molecular complexity index is 2010. The first-order valence-corrected chi connectivity index (χ1v) is 45.7. The molecule has 0 aliphatic heterocycles. The van der Waals surface area contributed by atoms with Crippen LogP contribution in [0.1, 0.15) is 250 Å². The topological polar surface area (TPSA) is 40.2 Å². The van der Waals surface area contributed by atoms with Crippen molar-refractivity contribution < 1.29 is 67.9 Å². The van der Waals surface area contributed by atoms with E-state index in [1.165, 1.54) is 202 Å². The van der Waals surface area contributed by atoms with Crippen LogP contribution in [0.25, 0.3) is 10.6 Å². The predicted octanol–water partition coefficient (Wildman–Crippen LogP) is 28.0. The van der Waals surface area contributed by atoms with E-state index in [0.717, 1.165) is 78.7 Å². The summed E-state index contributed by atoms with van der Waals surface area (Å²) in [5.41, 5.74) is 18.0. The number of rotatable bonds is 16. The molecular weight excluding hydrogens is 1410 g/mol. The second-order valence-corrected chi connectivity index (χ2v) is 32.5. The van der Waals surface area contributed by atoms with E-state index in [9.17, 15) is 0 Å². The van der Waals surface area contributed by atoms with E-state index >= 15 is 0 Å². The number of benzene rings is 4. The summed E-state index contributed by atoms with van der Waals surface area (Å²) in [7, 11) is 19.7. The van der Waals surface area contributed by atoms with E-state index in [-0.39, 0.29) is 55.9 Å². The fraction of sp³-hybridized carbons (Fsp3) is 0.620. The smallest absolute Gasteiger partial charge is 0 e. The molecule has 0 spiro atoms. The van der Waals surface area contributed by atoms with Crippen molar-refractivity contribution in [2.24, 2.45) is 41.4 Å². The van der Waals surface area contributed by atoms with Crippen molar-refractivity contribution in [3.8, 4) is 0 Å². The summed E-state index contributed by atoms with van der Waals surface area (Å²) in [4.78, 5) is 0. The van der Waals surface area contributed by atoms with Crippen LogP contribution in [-0.4, -0.2) is 26.2 Å². The molecule has 4 aliphatic carbocycles. The molecule has 10 heteroatoms. The number of hydrogen-bond donors (Lipinski definition) is 1. The minimum atomic E-state index is -0.826. The summed E-state index contributed by atoms with van der Waals surface area (Å²) >= 11 is -1.65. The maximum Gasteiger partial charge on any atom is 0 e. The molecule has 4 aliphatic rings. The summed E-state index contributed by atoms with van der Waals surface area (Å²) in [6, 6.07) is 19.7. The number of nitrogens with one attached hydrogen (secondary N) is 1. The first-order valence-electron chi connectivity index (χ1n) is 33.0. The summed E-state index contributed by atoms with van der Waals surface area (Å²) in [5, 5.41) is 13.3. The van der Waals surface area contributed by atoms with Crippen LogP contribution in [0, 0.1) is 154 Å². The standard InChI is InChI=1S/C26H39N3.3C9H18.C8H16.2C7H7.4CH3.4ClH.3Zr/c1-15-17(3)21(7)25(22(8)18(15)4)28-13-11-27-12-14-29-26-23(9)19(5)16(2)20(6)24(26)10;1-6-5-7(2)9(4)8(6)3;2*1-2-3-6-9-7-4-5-8-9;1-2-5-8-6-3-4-7-8;2*1-7-5-3-2-4-6-7;;;;;;;;;;;/h27H,11-14H2,1-10H3;6-9H,5H2,1-4H3;2*9H,2-8H2,1H3;8H,2-7H2,1H3;2*2-6H,1H2;4*1H3;4*1H;;;/q-2;;;;;6*-1;;;;;;2*+4/p-4. The Kier molecular flexibility index (Phi) is 70.6. The molecule has 3 nitrogen and oxygen atoms in total. The molecule has 0 saturated heterocycles. The Morgan fingerprint density at radius 1 is 0.416 bits per heavy atom. The third-order valence-corrected chi connectivity index (χ3v) is 19.1.